The average Bonchev–Trinajstić information content (AvgIpc) is 2.46. The third-order valence-electron chi connectivity index (χ3n) is 3.97. The predicted octanol–water partition coefficient (Wildman–Crippen LogP) is 1.18. The number of sulfone groups is 1. The summed E-state index contributed by atoms with van der Waals surface area (Å²) < 4.78 is 23.3. The lowest BCUT2D eigenvalue weighted by Crippen LogP contribution is -2.48. The number of carbonyl (C=O) groups excluding carboxylic acids is 1. The number of likely N-dealkylation sites (N-methyl/N-ethyl adjacent to an activating group) is 1. The summed E-state index contributed by atoms with van der Waals surface area (Å²) in [5.41, 5.74) is 1.30. The van der Waals surface area contributed by atoms with Crippen LogP contribution in [0.2, 0.25) is 0 Å². The molecular weight excluding hydrogens is 288 g/mol. The molecule has 0 atom stereocenters. The topological polar surface area (TPSA) is 57.7 Å². The van der Waals surface area contributed by atoms with E-state index < -0.39 is 9.84 Å². The van der Waals surface area contributed by atoms with Gasteiger partial charge in [-0.25, -0.2) is 8.42 Å². The number of carbonyl (C=O) groups is 1. The van der Waals surface area contributed by atoms with Crippen LogP contribution in [0.5, 0.6) is 0 Å². The Morgan fingerprint density at radius 3 is 2.33 bits per heavy atom. The van der Waals surface area contributed by atoms with Crippen molar-refractivity contribution in [2.24, 2.45) is 0 Å². The van der Waals surface area contributed by atoms with Crippen molar-refractivity contribution in [3.05, 3.63) is 29.3 Å². The Morgan fingerprint density at radius 1 is 1.19 bits per heavy atom. The quantitative estimate of drug-likeness (QED) is 0.841. The minimum Gasteiger partial charge on any atom is -0.336 e. The number of hydrogen-bond acceptors (Lipinski definition) is 4. The van der Waals surface area contributed by atoms with Gasteiger partial charge >= 0.3 is 0 Å². The van der Waals surface area contributed by atoms with Gasteiger partial charge in [0, 0.05) is 38.0 Å². The summed E-state index contributed by atoms with van der Waals surface area (Å²) >= 11 is 0. The van der Waals surface area contributed by atoms with E-state index in [4.69, 9.17) is 0 Å². The first-order valence-corrected chi connectivity index (χ1v) is 9.04. The van der Waals surface area contributed by atoms with Gasteiger partial charge in [-0.3, -0.25) is 4.79 Å². The highest BCUT2D eigenvalue weighted by molar-refractivity contribution is 7.90. The molecule has 0 N–H and O–H groups in total. The van der Waals surface area contributed by atoms with Gasteiger partial charge in [-0.2, -0.15) is 0 Å². The molecule has 1 saturated heterocycles. The van der Waals surface area contributed by atoms with Gasteiger partial charge in [0.1, 0.15) is 0 Å². The molecule has 1 heterocycles. The molecule has 0 bridgehead atoms. The van der Waals surface area contributed by atoms with Gasteiger partial charge in [0.25, 0.3) is 5.91 Å². The molecule has 0 unspecified atom stereocenters. The number of rotatable bonds is 3. The third kappa shape index (κ3) is 3.63. The van der Waals surface area contributed by atoms with Crippen LogP contribution >= 0.6 is 0 Å². The zero-order valence-electron chi connectivity index (χ0n) is 12.8. The molecule has 1 aromatic carbocycles. The molecule has 0 aromatic heterocycles. The fraction of sp³-hybridized carbons (Fsp3) is 0.533. The Morgan fingerprint density at radius 2 is 1.81 bits per heavy atom. The molecule has 2 rings (SSSR count). The minimum absolute atomic E-state index is 0.0752. The van der Waals surface area contributed by atoms with Crippen molar-refractivity contribution < 1.29 is 13.2 Å². The van der Waals surface area contributed by atoms with Crippen LogP contribution in [0.1, 0.15) is 22.8 Å². The first-order valence-electron chi connectivity index (χ1n) is 7.15. The van der Waals surface area contributed by atoms with Gasteiger partial charge in [-0.05, 0) is 31.2 Å². The van der Waals surface area contributed by atoms with Crippen molar-refractivity contribution >= 4 is 15.7 Å². The second-order valence-electron chi connectivity index (χ2n) is 5.48. The van der Waals surface area contributed by atoms with Crippen LogP contribution in [0, 0.1) is 6.92 Å². The smallest absolute Gasteiger partial charge is 0.254 e. The fourth-order valence-corrected chi connectivity index (χ4v) is 3.15. The molecule has 21 heavy (non-hydrogen) atoms. The number of piperazine rings is 1. The van der Waals surface area contributed by atoms with E-state index in [1.807, 2.05) is 6.92 Å². The van der Waals surface area contributed by atoms with Crippen LogP contribution in [0.4, 0.5) is 0 Å². The molecule has 6 heteroatoms. The molecule has 5 nitrogen and oxygen atoms in total. The maximum atomic E-state index is 12.6. The lowest BCUT2D eigenvalue weighted by Gasteiger charge is -2.34. The van der Waals surface area contributed by atoms with E-state index in [0.717, 1.165) is 31.5 Å². The highest BCUT2D eigenvalue weighted by Gasteiger charge is 2.23. The molecule has 1 aromatic rings. The van der Waals surface area contributed by atoms with Crippen LogP contribution in [0.25, 0.3) is 0 Å². The lowest BCUT2D eigenvalue weighted by molar-refractivity contribution is 0.0642. The zero-order valence-corrected chi connectivity index (χ0v) is 13.6. The summed E-state index contributed by atoms with van der Waals surface area (Å²) in [7, 11) is -3.30. The molecule has 0 spiro atoms. The van der Waals surface area contributed by atoms with Crippen LogP contribution in [-0.4, -0.2) is 63.1 Å². The first-order chi connectivity index (χ1) is 9.82. The highest BCUT2D eigenvalue weighted by Crippen LogP contribution is 2.18. The van der Waals surface area contributed by atoms with Crippen LogP contribution in [0.15, 0.2) is 23.1 Å². The molecular formula is C15H22N2O3S. The van der Waals surface area contributed by atoms with Crippen molar-refractivity contribution in [2.75, 3.05) is 39.0 Å². The van der Waals surface area contributed by atoms with Crippen LogP contribution < -0.4 is 0 Å². The second kappa shape index (κ2) is 6.15. The summed E-state index contributed by atoms with van der Waals surface area (Å²) in [5.74, 6) is -0.0752. The Labute approximate surface area is 126 Å². The number of amides is 1. The van der Waals surface area contributed by atoms with E-state index in [-0.39, 0.29) is 10.8 Å². The summed E-state index contributed by atoms with van der Waals surface area (Å²) in [6, 6.07) is 4.75. The van der Waals surface area contributed by atoms with E-state index in [1.54, 1.807) is 17.0 Å². The Bertz CT molecular complexity index is 632. The van der Waals surface area contributed by atoms with E-state index in [1.165, 1.54) is 6.07 Å². The van der Waals surface area contributed by atoms with Crippen molar-refractivity contribution in [2.45, 2.75) is 18.7 Å². The Balaban J connectivity index is 2.23. The lowest BCUT2D eigenvalue weighted by atomic mass is 10.1. The van der Waals surface area contributed by atoms with Gasteiger partial charge in [0.05, 0.1) is 4.90 Å². The molecule has 1 aliphatic rings. The molecule has 0 saturated carbocycles. The summed E-state index contributed by atoms with van der Waals surface area (Å²) in [5, 5.41) is 0. The summed E-state index contributed by atoms with van der Waals surface area (Å²) in [6.45, 7) is 8.05. The van der Waals surface area contributed by atoms with E-state index in [9.17, 15) is 13.2 Å². The molecule has 0 aliphatic carbocycles. The summed E-state index contributed by atoms with van der Waals surface area (Å²) in [6.07, 6.45) is 1.16. The maximum Gasteiger partial charge on any atom is 0.254 e. The Hall–Kier alpha value is -1.40. The van der Waals surface area contributed by atoms with Gasteiger partial charge in [0.15, 0.2) is 9.84 Å². The number of benzene rings is 1. The maximum absolute atomic E-state index is 12.6. The van der Waals surface area contributed by atoms with Gasteiger partial charge in [-0.15, -0.1) is 0 Å². The predicted molar refractivity (Wildman–Crippen MR) is 82.3 cm³/mol. The first kappa shape index (κ1) is 16.0. The molecule has 0 radical (unpaired) electrons. The SMILES string of the molecule is CCN1CCN(C(=O)c2cc(S(C)(=O)=O)ccc2C)CC1. The van der Waals surface area contributed by atoms with Gasteiger partial charge in [0.2, 0.25) is 0 Å². The summed E-state index contributed by atoms with van der Waals surface area (Å²) in [4.78, 5) is 16.9. The van der Waals surface area contributed by atoms with E-state index in [2.05, 4.69) is 11.8 Å². The highest BCUT2D eigenvalue weighted by atomic mass is 32.2. The van der Waals surface area contributed by atoms with Crippen LogP contribution in [0.3, 0.4) is 0 Å². The van der Waals surface area contributed by atoms with E-state index >= 15 is 0 Å². The molecule has 1 fully saturated rings. The number of hydrogen-bond donors (Lipinski definition) is 0. The second-order valence-corrected chi connectivity index (χ2v) is 7.49. The zero-order chi connectivity index (χ0) is 15.6. The van der Waals surface area contributed by atoms with Crippen molar-refractivity contribution in [1.29, 1.82) is 0 Å². The largest absolute Gasteiger partial charge is 0.336 e. The normalized spacial score (nSPS) is 17.0. The Kier molecular flexibility index (Phi) is 4.68. The number of aryl methyl sites for hydroxylation is 1. The number of nitrogens with zero attached hydrogens (tertiary/aromatic N) is 2. The fourth-order valence-electron chi connectivity index (χ4n) is 2.50. The van der Waals surface area contributed by atoms with Gasteiger partial charge < -0.3 is 9.80 Å². The van der Waals surface area contributed by atoms with Crippen molar-refractivity contribution in [1.82, 2.24) is 9.80 Å². The van der Waals surface area contributed by atoms with E-state index in [0.29, 0.717) is 18.7 Å². The van der Waals surface area contributed by atoms with Crippen LogP contribution in [-0.2, 0) is 9.84 Å². The van der Waals surface area contributed by atoms with Crippen molar-refractivity contribution in [3.63, 3.8) is 0 Å². The minimum atomic E-state index is -3.30. The molecule has 116 valence electrons. The van der Waals surface area contributed by atoms with Gasteiger partial charge in [-0.1, -0.05) is 13.0 Å². The molecule has 1 amide bonds. The average molecular weight is 310 g/mol. The standard InChI is InChI=1S/C15H22N2O3S/c1-4-16-7-9-17(10-8-16)15(18)14-11-13(21(3,19)20)6-5-12(14)2/h5-6,11H,4,7-10H2,1-3H3. The molecule has 1 aliphatic heterocycles. The van der Waals surface area contributed by atoms with Crippen molar-refractivity contribution in [3.8, 4) is 0 Å². The third-order valence-corrected chi connectivity index (χ3v) is 5.08. The monoisotopic (exact) mass is 310 g/mol.